The number of aromatic nitrogens is 2. The van der Waals surface area contributed by atoms with Gasteiger partial charge in [-0.1, -0.05) is 58.7 Å². The molecule has 6 nitrogen and oxygen atoms in total. The molecule has 4 aromatic rings. The number of halogens is 1. The third-order valence-electron chi connectivity index (χ3n) is 4.36. The van der Waals surface area contributed by atoms with E-state index >= 15 is 0 Å². The zero-order valence-electron chi connectivity index (χ0n) is 16.1. The highest BCUT2D eigenvalue weighted by Crippen LogP contribution is 2.22. The number of amides is 1. The van der Waals surface area contributed by atoms with E-state index in [4.69, 9.17) is 20.9 Å². The number of aryl methyl sites for hydroxylation is 1. The number of benzene rings is 3. The van der Waals surface area contributed by atoms with Crippen molar-refractivity contribution in [1.82, 2.24) is 10.1 Å². The maximum Gasteiger partial charge on any atom is 0.264 e. The summed E-state index contributed by atoms with van der Waals surface area (Å²) in [6, 6.07) is 21.7. The zero-order valence-corrected chi connectivity index (χ0v) is 16.9. The van der Waals surface area contributed by atoms with Crippen LogP contribution in [0.4, 0.5) is 5.69 Å². The second-order valence-electron chi connectivity index (χ2n) is 6.62. The molecule has 0 spiro atoms. The van der Waals surface area contributed by atoms with Gasteiger partial charge in [0, 0.05) is 16.3 Å². The van der Waals surface area contributed by atoms with Crippen LogP contribution in [0, 0.1) is 6.92 Å². The minimum Gasteiger partial charge on any atom is -0.483 e. The van der Waals surface area contributed by atoms with Gasteiger partial charge >= 0.3 is 0 Å². The van der Waals surface area contributed by atoms with Crippen LogP contribution in [-0.4, -0.2) is 16.0 Å². The van der Waals surface area contributed by atoms with Gasteiger partial charge in [0.05, 0.1) is 5.56 Å². The summed E-state index contributed by atoms with van der Waals surface area (Å²) < 4.78 is 11.1. The second-order valence-corrected chi connectivity index (χ2v) is 7.06. The maximum absolute atomic E-state index is 12.7. The lowest BCUT2D eigenvalue weighted by molar-refractivity contribution is 0.102. The summed E-state index contributed by atoms with van der Waals surface area (Å²) in [6.07, 6.45) is 0. The lowest BCUT2D eigenvalue weighted by Crippen LogP contribution is -2.13. The molecular weight excluding hydrogens is 402 g/mol. The lowest BCUT2D eigenvalue weighted by atomic mass is 10.1. The van der Waals surface area contributed by atoms with E-state index in [1.165, 1.54) is 0 Å². The van der Waals surface area contributed by atoms with Crippen molar-refractivity contribution in [2.75, 3.05) is 5.32 Å². The number of hydrogen-bond donors (Lipinski definition) is 1. The molecule has 0 aliphatic carbocycles. The van der Waals surface area contributed by atoms with Crippen molar-refractivity contribution < 1.29 is 14.1 Å². The summed E-state index contributed by atoms with van der Waals surface area (Å²) in [5, 5.41) is 7.42. The average Bonchev–Trinajstić information content (AvgIpc) is 3.23. The van der Waals surface area contributed by atoms with E-state index in [0.29, 0.717) is 33.7 Å². The van der Waals surface area contributed by atoms with Gasteiger partial charge in [-0.3, -0.25) is 4.79 Å². The number of rotatable bonds is 6. The molecule has 4 rings (SSSR count). The Hall–Kier alpha value is -3.64. The first kappa shape index (κ1) is 19.7. The fourth-order valence-corrected chi connectivity index (χ4v) is 2.91. The van der Waals surface area contributed by atoms with Crippen molar-refractivity contribution in [3.63, 3.8) is 0 Å². The van der Waals surface area contributed by atoms with Crippen molar-refractivity contribution in [3.05, 3.63) is 94.8 Å². The molecule has 0 aliphatic rings. The van der Waals surface area contributed by atoms with Gasteiger partial charge < -0.3 is 14.6 Å². The largest absolute Gasteiger partial charge is 0.483 e. The molecule has 0 atom stereocenters. The second kappa shape index (κ2) is 8.80. The molecule has 3 aromatic carbocycles. The van der Waals surface area contributed by atoms with E-state index in [0.717, 1.165) is 11.1 Å². The fourth-order valence-electron chi connectivity index (χ4n) is 2.78. The Morgan fingerprint density at radius 2 is 1.77 bits per heavy atom. The monoisotopic (exact) mass is 419 g/mol. The van der Waals surface area contributed by atoms with E-state index in [-0.39, 0.29) is 12.5 Å². The van der Waals surface area contributed by atoms with Gasteiger partial charge in [-0.15, -0.1) is 0 Å². The molecule has 0 saturated carbocycles. The maximum atomic E-state index is 12.7. The van der Waals surface area contributed by atoms with Gasteiger partial charge in [0.1, 0.15) is 5.75 Å². The first-order valence-electron chi connectivity index (χ1n) is 9.27. The highest BCUT2D eigenvalue weighted by molar-refractivity contribution is 6.30. The minimum absolute atomic E-state index is 0.0457. The highest BCUT2D eigenvalue weighted by atomic mass is 35.5. The Kier molecular flexibility index (Phi) is 5.77. The van der Waals surface area contributed by atoms with Crippen LogP contribution in [0.3, 0.4) is 0 Å². The number of nitrogens with zero attached hydrogens (tertiary/aromatic N) is 2. The van der Waals surface area contributed by atoms with Gasteiger partial charge in [-0.05, 0) is 43.3 Å². The molecule has 30 heavy (non-hydrogen) atoms. The molecule has 0 fully saturated rings. The number of carbonyl (C=O) groups excluding carboxylic acids is 1. The van der Waals surface area contributed by atoms with E-state index in [1.54, 1.807) is 48.5 Å². The standard InChI is InChI=1S/C23H18ClN3O3/c1-15-6-8-16(9-7-15)22-26-21(30-27-22)14-29-20-5-3-2-4-19(20)23(28)25-18-12-10-17(24)11-13-18/h2-13H,14H2,1H3,(H,25,28). The van der Waals surface area contributed by atoms with Crippen molar-refractivity contribution in [1.29, 1.82) is 0 Å². The van der Waals surface area contributed by atoms with Crippen LogP contribution in [0.1, 0.15) is 21.8 Å². The molecule has 0 aliphatic heterocycles. The molecule has 7 heteroatoms. The molecular formula is C23H18ClN3O3. The van der Waals surface area contributed by atoms with Crippen LogP contribution >= 0.6 is 11.6 Å². The summed E-state index contributed by atoms with van der Waals surface area (Å²) in [7, 11) is 0. The van der Waals surface area contributed by atoms with Gasteiger partial charge in [0.15, 0.2) is 6.61 Å². The molecule has 0 unspecified atom stereocenters. The molecule has 1 amide bonds. The Bertz CT molecular complexity index is 1160. The van der Waals surface area contributed by atoms with E-state index in [2.05, 4.69) is 15.5 Å². The number of ether oxygens (including phenoxy) is 1. The van der Waals surface area contributed by atoms with Crippen molar-refractivity contribution in [2.24, 2.45) is 0 Å². The highest BCUT2D eigenvalue weighted by Gasteiger charge is 2.14. The number of anilines is 1. The summed E-state index contributed by atoms with van der Waals surface area (Å²) in [5.74, 6) is 0.929. The smallest absolute Gasteiger partial charge is 0.264 e. The summed E-state index contributed by atoms with van der Waals surface area (Å²) in [5.41, 5.74) is 3.04. The predicted molar refractivity (Wildman–Crippen MR) is 115 cm³/mol. The molecule has 1 aromatic heterocycles. The first-order valence-corrected chi connectivity index (χ1v) is 9.65. The molecule has 150 valence electrons. The van der Waals surface area contributed by atoms with Crippen molar-refractivity contribution in [3.8, 4) is 17.1 Å². The quantitative estimate of drug-likeness (QED) is 0.444. The number of para-hydroxylation sites is 1. The van der Waals surface area contributed by atoms with Crippen LogP contribution < -0.4 is 10.1 Å². The van der Waals surface area contributed by atoms with Crippen LogP contribution in [0.5, 0.6) is 5.75 Å². The summed E-state index contributed by atoms with van der Waals surface area (Å²) in [6.45, 7) is 2.06. The topological polar surface area (TPSA) is 77.2 Å². The molecule has 0 radical (unpaired) electrons. The van der Waals surface area contributed by atoms with Crippen LogP contribution in [0.25, 0.3) is 11.4 Å². The molecule has 0 saturated heterocycles. The van der Waals surface area contributed by atoms with E-state index in [1.807, 2.05) is 31.2 Å². The van der Waals surface area contributed by atoms with Gasteiger partial charge in [-0.2, -0.15) is 4.98 Å². The Balaban J connectivity index is 1.45. The zero-order chi connectivity index (χ0) is 20.9. The SMILES string of the molecule is Cc1ccc(-c2noc(COc3ccccc3C(=O)Nc3ccc(Cl)cc3)n2)cc1. The average molecular weight is 420 g/mol. The summed E-state index contributed by atoms with van der Waals surface area (Å²) >= 11 is 5.88. The molecule has 0 bridgehead atoms. The van der Waals surface area contributed by atoms with Crippen LogP contribution in [-0.2, 0) is 6.61 Å². The van der Waals surface area contributed by atoms with Gasteiger partial charge in [0.2, 0.25) is 5.82 Å². The van der Waals surface area contributed by atoms with E-state index in [9.17, 15) is 4.79 Å². The Morgan fingerprint density at radius 1 is 1.03 bits per heavy atom. The van der Waals surface area contributed by atoms with Gasteiger partial charge in [-0.25, -0.2) is 0 Å². The minimum atomic E-state index is -0.293. The first-order chi connectivity index (χ1) is 14.6. The van der Waals surface area contributed by atoms with Crippen molar-refractivity contribution in [2.45, 2.75) is 13.5 Å². The Labute approximate surface area is 178 Å². The van der Waals surface area contributed by atoms with Gasteiger partial charge in [0.25, 0.3) is 11.8 Å². The third-order valence-corrected chi connectivity index (χ3v) is 4.61. The number of carbonyl (C=O) groups is 1. The van der Waals surface area contributed by atoms with Crippen molar-refractivity contribution >= 4 is 23.2 Å². The fraction of sp³-hybridized carbons (Fsp3) is 0.0870. The number of nitrogens with one attached hydrogen (secondary N) is 1. The molecule has 1 heterocycles. The van der Waals surface area contributed by atoms with Crippen LogP contribution in [0.15, 0.2) is 77.3 Å². The normalized spacial score (nSPS) is 10.6. The molecule has 1 N–H and O–H groups in total. The lowest BCUT2D eigenvalue weighted by Gasteiger charge is -2.10. The summed E-state index contributed by atoms with van der Waals surface area (Å²) in [4.78, 5) is 17.0. The van der Waals surface area contributed by atoms with E-state index < -0.39 is 0 Å². The number of hydrogen-bond acceptors (Lipinski definition) is 5. The third kappa shape index (κ3) is 4.67. The Morgan fingerprint density at radius 3 is 2.53 bits per heavy atom. The van der Waals surface area contributed by atoms with Crippen LogP contribution in [0.2, 0.25) is 5.02 Å². The predicted octanol–water partition coefficient (Wildman–Crippen LogP) is 5.53.